The average Bonchev–Trinajstić information content (AvgIpc) is 2.15. The summed E-state index contributed by atoms with van der Waals surface area (Å²) in [6.45, 7) is 2.22. The molecule has 0 heterocycles. The summed E-state index contributed by atoms with van der Waals surface area (Å²) >= 11 is 4.25. The van der Waals surface area contributed by atoms with Crippen molar-refractivity contribution in [3.8, 4) is 0 Å². The molecule has 2 nitrogen and oxygen atoms in total. The highest BCUT2D eigenvalue weighted by molar-refractivity contribution is 7.81. The fraction of sp³-hybridized carbons (Fsp3) is 0.917. The van der Waals surface area contributed by atoms with Crippen molar-refractivity contribution >= 4 is 18.6 Å². The van der Waals surface area contributed by atoms with Gasteiger partial charge in [0.2, 0.25) is 0 Å². The second-order valence-electron chi connectivity index (χ2n) is 4.16. The Morgan fingerprint density at radius 1 is 1.13 bits per heavy atom. The van der Waals surface area contributed by atoms with Crippen molar-refractivity contribution in [2.24, 2.45) is 0 Å². The quantitative estimate of drug-likeness (QED) is 0.443. The van der Waals surface area contributed by atoms with Gasteiger partial charge in [0.15, 0.2) is 0 Å². The van der Waals surface area contributed by atoms with Gasteiger partial charge >= 0.3 is 5.97 Å². The Bertz CT molecular complexity index is 160. The zero-order chi connectivity index (χ0) is 11.5. The zero-order valence-corrected chi connectivity index (χ0v) is 10.6. The lowest BCUT2D eigenvalue weighted by Gasteiger charge is -2.07. The molecule has 15 heavy (non-hydrogen) atoms. The Morgan fingerprint density at radius 3 is 2.20 bits per heavy atom. The molecular weight excluding hydrogens is 208 g/mol. The van der Waals surface area contributed by atoms with Gasteiger partial charge in [-0.3, -0.25) is 4.79 Å². The summed E-state index contributed by atoms with van der Waals surface area (Å²) in [6.07, 6.45) is 10.1. The molecule has 1 atom stereocenters. The normalized spacial score (nSPS) is 12.7. The van der Waals surface area contributed by atoms with Crippen LogP contribution in [0.15, 0.2) is 0 Å². The van der Waals surface area contributed by atoms with E-state index >= 15 is 0 Å². The highest BCUT2D eigenvalue weighted by Crippen LogP contribution is 2.14. The first-order chi connectivity index (χ1) is 7.16. The van der Waals surface area contributed by atoms with Crippen LogP contribution < -0.4 is 0 Å². The van der Waals surface area contributed by atoms with E-state index in [1.165, 1.54) is 38.5 Å². The molecule has 0 fully saturated rings. The third-order valence-corrected chi connectivity index (χ3v) is 2.99. The third-order valence-electron chi connectivity index (χ3n) is 2.55. The lowest BCUT2D eigenvalue weighted by Crippen LogP contribution is -2.06. The molecule has 0 saturated heterocycles. The largest absolute Gasteiger partial charge is 0.481 e. The molecule has 0 aromatic rings. The van der Waals surface area contributed by atoms with Crippen LogP contribution in [0.2, 0.25) is 0 Å². The second-order valence-corrected chi connectivity index (χ2v) is 4.89. The van der Waals surface area contributed by atoms with Crippen molar-refractivity contribution in [3.63, 3.8) is 0 Å². The van der Waals surface area contributed by atoms with Crippen LogP contribution in [-0.2, 0) is 4.79 Å². The van der Waals surface area contributed by atoms with Crippen molar-refractivity contribution in [2.75, 3.05) is 0 Å². The molecule has 0 spiro atoms. The first-order valence-electron chi connectivity index (χ1n) is 6.06. The lowest BCUT2D eigenvalue weighted by molar-refractivity contribution is -0.136. The third kappa shape index (κ3) is 11.7. The van der Waals surface area contributed by atoms with E-state index in [2.05, 4.69) is 19.6 Å². The molecule has 0 aliphatic heterocycles. The first kappa shape index (κ1) is 14.8. The number of hydrogen-bond donors (Lipinski definition) is 2. The predicted octanol–water partition coefficient (Wildman–Crippen LogP) is 3.90. The van der Waals surface area contributed by atoms with E-state index in [1.54, 1.807) is 0 Å². The summed E-state index contributed by atoms with van der Waals surface area (Å²) in [7, 11) is 0. The van der Waals surface area contributed by atoms with Crippen molar-refractivity contribution in [1.82, 2.24) is 0 Å². The number of carbonyl (C=O) groups is 1. The molecule has 0 bridgehead atoms. The van der Waals surface area contributed by atoms with Crippen LogP contribution in [0.4, 0.5) is 0 Å². The minimum atomic E-state index is -0.738. The maximum absolute atomic E-state index is 10.4. The first-order valence-corrected chi connectivity index (χ1v) is 6.58. The summed E-state index contributed by atoms with van der Waals surface area (Å²) in [6, 6.07) is 0. The molecule has 0 rings (SSSR count). The van der Waals surface area contributed by atoms with E-state index in [9.17, 15) is 4.79 Å². The van der Waals surface area contributed by atoms with Crippen LogP contribution >= 0.6 is 12.6 Å². The smallest absolute Gasteiger partial charge is 0.304 e. The average molecular weight is 232 g/mol. The Morgan fingerprint density at radius 2 is 1.67 bits per heavy atom. The van der Waals surface area contributed by atoms with Crippen LogP contribution in [-0.4, -0.2) is 16.3 Å². The molecule has 0 aromatic carbocycles. The minimum absolute atomic E-state index is 0.0399. The van der Waals surface area contributed by atoms with Gasteiger partial charge in [-0.25, -0.2) is 0 Å². The van der Waals surface area contributed by atoms with Gasteiger partial charge in [-0.1, -0.05) is 51.9 Å². The summed E-state index contributed by atoms with van der Waals surface area (Å²) in [5.74, 6) is -0.738. The van der Waals surface area contributed by atoms with Crippen LogP contribution in [0.25, 0.3) is 0 Å². The topological polar surface area (TPSA) is 37.3 Å². The molecule has 0 aromatic heterocycles. The van der Waals surface area contributed by atoms with E-state index < -0.39 is 5.97 Å². The number of carboxylic acid groups (broad SMARTS) is 1. The maximum Gasteiger partial charge on any atom is 0.304 e. The number of aliphatic carboxylic acids is 1. The Labute approximate surface area is 98.9 Å². The van der Waals surface area contributed by atoms with Gasteiger partial charge in [-0.05, 0) is 6.42 Å². The molecule has 0 saturated carbocycles. The van der Waals surface area contributed by atoms with Gasteiger partial charge in [0, 0.05) is 5.25 Å². The summed E-state index contributed by atoms with van der Waals surface area (Å²) in [5.41, 5.74) is 0. The molecule has 0 aliphatic carbocycles. The van der Waals surface area contributed by atoms with Crippen LogP contribution in [0.1, 0.15) is 64.7 Å². The SMILES string of the molecule is CCCCCCCCCC(S)CC(=O)O. The van der Waals surface area contributed by atoms with E-state index in [0.717, 1.165) is 12.8 Å². The van der Waals surface area contributed by atoms with E-state index in [0.29, 0.717) is 0 Å². The van der Waals surface area contributed by atoms with Crippen molar-refractivity contribution in [1.29, 1.82) is 0 Å². The fourth-order valence-electron chi connectivity index (χ4n) is 1.64. The molecule has 0 amide bonds. The maximum atomic E-state index is 10.4. The van der Waals surface area contributed by atoms with Crippen LogP contribution in [0.3, 0.4) is 0 Å². The molecule has 90 valence electrons. The Kier molecular flexibility index (Phi) is 10.2. The van der Waals surface area contributed by atoms with Gasteiger partial charge in [-0.2, -0.15) is 12.6 Å². The van der Waals surface area contributed by atoms with Crippen molar-refractivity contribution in [2.45, 2.75) is 70.0 Å². The number of unbranched alkanes of at least 4 members (excludes halogenated alkanes) is 6. The van der Waals surface area contributed by atoms with Gasteiger partial charge < -0.3 is 5.11 Å². The Balaban J connectivity index is 3.13. The summed E-state index contributed by atoms with van der Waals surface area (Å²) < 4.78 is 0. The predicted molar refractivity (Wildman–Crippen MR) is 67.6 cm³/mol. The fourth-order valence-corrected chi connectivity index (χ4v) is 1.98. The molecule has 0 aliphatic rings. The van der Waals surface area contributed by atoms with Crippen LogP contribution in [0, 0.1) is 0 Å². The molecule has 1 N–H and O–H groups in total. The van der Waals surface area contributed by atoms with E-state index in [-0.39, 0.29) is 11.7 Å². The van der Waals surface area contributed by atoms with E-state index in [1.807, 2.05) is 0 Å². The lowest BCUT2D eigenvalue weighted by atomic mass is 10.1. The monoisotopic (exact) mass is 232 g/mol. The molecule has 3 heteroatoms. The highest BCUT2D eigenvalue weighted by Gasteiger charge is 2.07. The summed E-state index contributed by atoms with van der Waals surface area (Å²) in [4.78, 5) is 10.4. The molecule has 1 unspecified atom stereocenters. The number of hydrogen-bond acceptors (Lipinski definition) is 2. The van der Waals surface area contributed by atoms with Gasteiger partial charge in [0.05, 0.1) is 6.42 Å². The number of carboxylic acids is 1. The standard InChI is InChI=1S/C12H24O2S/c1-2-3-4-5-6-7-8-9-11(15)10-12(13)14/h11,15H,2-10H2,1H3,(H,13,14). The summed E-state index contributed by atoms with van der Waals surface area (Å²) in [5, 5.41) is 8.57. The van der Waals surface area contributed by atoms with E-state index in [4.69, 9.17) is 5.11 Å². The van der Waals surface area contributed by atoms with Crippen molar-refractivity contribution < 1.29 is 9.90 Å². The van der Waals surface area contributed by atoms with Gasteiger partial charge in [0.1, 0.15) is 0 Å². The van der Waals surface area contributed by atoms with Crippen LogP contribution in [0.5, 0.6) is 0 Å². The number of rotatable bonds is 10. The van der Waals surface area contributed by atoms with Crippen molar-refractivity contribution in [3.05, 3.63) is 0 Å². The Hall–Kier alpha value is -0.180. The number of thiol groups is 1. The minimum Gasteiger partial charge on any atom is -0.481 e. The molecule has 0 radical (unpaired) electrons. The van der Waals surface area contributed by atoms with Gasteiger partial charge in [-0.15, -0.1) is 0 Å². The zero-order valence-electron chi connectivity index (χ0n) is 9.74. The highest BCUT2D eigenvalue weighted by atomic mass is 32.1. The molecular formula is C12H24O2S. The van der Waals surface area contributed by atoms with Gasteiger partial charge in [0.25, 0.3) is 0 Å². The second kappa shape index (κ2) is 10.3.